The Bertz CT molecular complexity index is 493. The van der Waals surface area contributed by atoms with Crippen LogP contribution in [0.25, 0.3) is 0 Å². The number of aliphatic hydroxyl groups excluding tert-OH is 1. The SMILES string of the molecule is Cc1cc(CN2CCN(CC(C)C)[C@H](CCO)C2)cc(C)c1O. The normalized spacial score (nSPS) is 20.3. The monoisotopic (exact) mass is 320 g/mol. The molecule has 1 saturated heterocycles. The molecule has 1 heterocycles. The number of rotatable bonds is 6. The molecule has 0 radical (unpaired) electrons. The molecule has 130 valence electrons. The summed E-state index contributed by atoms with van der Waals surface area (Å²) in [5.74, 6) is 1.07. The zero-order chi connectivity index (χ0) is 17.0. The fraction of sp³-hybridized carbons (Fsp3) is 0.684. The summed E-state index contributed by atoms with van der Waals surface area (Å²) in [5.41, 5.74) is 3.16. The molecule has 0 aromatic heterocycles. The average molecular weight is 320 g/mol. The highest BCUT2D eigenvalue weighted by Gasteiger charge is 2.27. The summed E-state index contributed by atoms with van der Waals surface area (Å²) in [4.78, 5) is 5.01. The number of aryl methyl sites for hydroxylation is 2. The second-order valence-corrected chi connectivity index (χ2v) is 7.37. The number of aromatic hydroxyl groups is 1. The third-order valence-electron chi connectivity index (χ3n) is 4.71. The van der Waals surface area contributed by atoms with Gasteiger partial charge in [-0.25, -0.2) is 0 Å². The second kappa shape index (κ2) is 8.13. The van der Waals surface area contributed by atoms with E-state index in [1.54, 1.807) is 0 Å². The first-order chi connectivity index (χ1) is 10.9. The van der Waals surface area contributed by atoms with Gasteiger partial charge in [-0.15, -0.1) is 0 Å². The van der Waals surface area contributed by atoms with E-state index in [-0.39, 0.29) is 6.61 Å². The number of hydrogen-bond donors (Lipinski definition) is 2. The second-order valence-electron chi connectivity index (χ2n) is 7.37. The number of hydrogen-bond acceptors (Lipinski definition) is 4. The number of phenolic OH excluding ortho intramolecular Hbond substituents is 1. The van der Waals surface area contributed by atoms with E-state index in [0.29, 0.717) is 17.7 Å². The van der Waals surface area contributed by atoms with Crippen molar-refractivity contribution in [2.45, 2.75) is 46.7 Å². The van der Waals surface area contributed by atoms with Crippen molar-refractivity contribution in [2.24, 2.45) is 5.92 Å². The van der Waals surface area contributed by atoms with Crippen molar-refractivity contribution in [1.29, 1.82) is 0 Å². The molecule has 0 spiro atoms. The third-order valence-corrected chi connectivity index (χ3v) is 4.71. The van der Waals surface area contributed by atoms with Crippen LogP contribution in [0.5, 0.6) is 5.75 Å². The smallest absolute Gasteiger partial charge is 0.121 e. The lowest BCUT2D eigenvalue weighted by Gasteiger charge is -2.42. The van der Waals surface area contributed by atoms with Crippen molar-refractivity contribution < 1.29 is 10.2 Å². The topological polar surface area (TPSA) is 46.9 Å². The number of aliphatic hydroxyl groups is 1. The molecule has 1 aliphatic heterocycles. The zero-order valence-corrected chi connectivity index (χ0v) is 15.0. The Hall–Kier alpha value is -1.10. The van der Waals surface area contributed by atoms with Gasteiger partial charge in [0.25, 0.3) is 0 Å². The summed E-state index contributed by atoms with van der Waals surface area (Å²) in [6.45, 7) is 13.8. The van der Waals surface area contributed by atoms with Gasteiger partial charge in [-0.05, 0) is 42.9 Å². The first-order valence-corrected chi connectivity index (χ1v) is 8.77. The predicted octanol–water partition coefficient (Wildman–Crippen LogP) is 2.53. The minimum Gasteiger partial charge on any atom is -0.507 e. The lowest BCUT2D eigenvalue weighted by molar-refractivity contribution is 0.0477. The molecule has 1 atom stereocenters. The quantitative estimate of drug-likeness (QED) is 0.845. The van der Waals surface area contributed by atoms with Gasteiger partial charge in [0.2, 0.25) is 0 Å². The van der Waals surface area contributed by atoms with Crippen LogP contribution < -0.4 is 0 Å². The summed E-state index contributed by atoms with van der Waals surface area (Å²) < 4.78 is 0. The molecule has 2 rings (SSSR count). The van der Waals surface area contributed by atoms with Gasteiger partial charge in [0.05, 0.1) is 0 Å². The first kappa shape index (κ1) is 18.2. The van der Waals surface area contributed by atoms with Crippen LogP contribution in [0.2, 0.25) is 0 Å². The van der Waals surface area contributed by atoms with E-state index in [1.165, 1.54) is 5.56 Å². The molecule has 1 aliphatic rings. The van der Waals surface area contributed by atoms with Gasteiger partial charge in [0.15, 0.2) is 0 Å². The van der Waals surface area contributed by atoms with E-state index in [2.05, 4.69) is 35.8 Å². The molecule has 0 saturated carbocycles. The fourth-order valence-corrected chi connectivity index (χ4v) is 3.63. The van der Waals surface area contributed by atoms with Crippen LogP contribution in [0.1, 0.15) is 37.0 Å². The fourth-order valence-electron chi connectivity index (χ4n) is 3.63. The van der Waals surface area contributed by atoms with Gasteiger partial charge in [0, 0.05) is 45.4 Å². The minimum absolute atomic E-state index is 0.254. The van der Waals surface area contributed by atoms with Crippen molar-refractivity contribution in [3.8, 4) is 5.75 Å². The molecule has 0 amide bonds. The Kier molecular flexibility index (Phi) is 6.45. The summed E-state index contributed by atoms with van der Waals surface area (Å²) in [6.07, 6.45) is 0.844. The van der Waals surface area contributed by atoms with Crippen LogP contribution in [0.15, 0.2) is 12.1 Å². The lowest BCUT2D eigenvalue weighted by Crippen LogP contribution is -2.53. The van der Waals surface area contributed by atoms with Gasteiger partial charge >= 0.3 is 0 Å². The Morgan fingerprint density at radius 1 is 1.17 bits per heavy atom. The number of benzene rings is 1. The minimum atomic E-state index is 0.254. The van der Waals surface area contributed by atoms with Crippen molar-refractivity contribution >= 4 is 0 Å². The van der Waals surface area contributed by atoms with E-state index < -0.39 is 0 Å². The molecule has 4 heteroatoms. The van der Waals surface area contributed by atoms with Crippen molar-refractivity contribution in [3.63, 3.8) is 0 Å². The van der Waals surface area contributed by atoms with Crippen molar-refractivity contribution in [3.05, 3.63) is 28.8 Å². The van der Waals surface area contributed by atoms with Crippen LogP contribution in [-0.2, 0) is 6.54 Å². The highest BCUT2D eigenvalue weighted by atomic mass is 16.3. The highest BCUT2D eigenvalue weighted by molar-refractivity contribution is 5.42. The number of piperazine rings is 1. The van der Waals surface area contributed by atoms with Gasteiger partial charge in [-0.3, -0.25) is 9.80 Å². The average Bonchev–Trinajstić information content (AvgIpc) is 2.47. The van der Waals surface area contributed by atoms with Gasteiger partial charge in [0.1, 0.15) is 5.75 Å². The summed E-state index contributed by atoms with van der Waals surface area (Å²) in [5, 5.41) is 19.3. The van der Waals surface area contributed by atoms with Crippen LogP contribution in [0, 0.1) is 19.8 Å². The van der Waals surface area contributed by atoms with Crippen molar-refractivity contribution in [2.75, 3.05) is 32.8 Å². The standard InChI is InChI=1S/C19H32N2O2/c1-14(2)11-21-7-6-20(13-18(21)5-8-22)12-17-9-15(3)19(23)16(4)10-17/h9-10,14,18,22-23H,5-8,11-13H2,1-4H3/t18-/m1/s1. The van der Waals surface area contributed by atoms with Crippen LogP contribution >= 0.6 is 0 Å². The molecule has 1 fully saturated rings. The largest absolute Gasteiger partial charge is 0.507 e. The predicted molar refractivity (Wildman–Crippen MR) is 94.8 cm³/mol. The molecule has 1 aromatic carbocycles. The Balaban J connectivity index is 2.02. The van der Waals surface area contributed by atoms with Gasteiger partial charge in [-0.1, -0.05) is 26.0 Å². The Morgan fingerprint density at radius 3 is 2.39 bits per heavy atom. The Labute approximate surface area is 140 Å². The van der Waals surface area contributed by atoms with Crippen LogP contribution in [0.4, 0.5) is 0 Å². The maximum absolute atomic E-state index is 9.92. The van der Waals surface area contributed by atoms with Crippen molar-refractivity contribution in [1.82, 2.24) is 9.80 Å². The molecule has 0 unspecified atom stereocenters. The Morgan fingerprint density at radius 2 is 1.83 bits per heavy atom. The van der Waals surface area contributed by atoms with Crippen LogP contribution in [-0.4, -0.2) is 58.8 Å². The maximum Gasteiger partial charge on any atom is 0.121 e. The third kappa shape index (κ3) is 4.93. The molecular weight excluding hydrogens is 288 g/mol. The number of nitrogens with zero attached hydrogens (tertiary/aromatic N) is 2. The van der Waals surface area contributed by atoms with Gasteiger partial charge < -0.3 is 10.2 Å². The highest BCUT2D eigenvalue weighted by Crippen LogP contribution is 2.24. The molecule has 1 aromatic rings. The number of phenols is 1. The molecule has 2 N–H and O–H groups in total. The lowest BCUT2D eigenvalue weighted by atomic mass is 10.0. The van der Waals surface area contributed by atoms with Crippen LogP contribution in [0.3, 0.4) is 0 Å². The summed E-state index contributed by atoms with van der Waals surface area (Å²) >= 11 is 0. The zero-order valence-electron chi connectivity index (χ0n) is 15.0. The molecule has 0 aliphatic carbocycles. The van der Waals surface area contributed by atoms with Gasteiger partial charge in [-0.2, -0.15) is 0 Å². The first-order valence-electron chi connectivity index (χ1n) is 8.77. The maximum atomic E-state index is 9.92. The molecular formula is C19H32N2O2. The molecule has 23 heavy (non-hydrogen) atoms. The van der Waals surface area contributed by atoms with E-state index in [9.17, 15) is 10.2 Å². The van der Waals surface area contributed by atoms with E-state index in [1.807, 2.05) is 13.8 Å². The molecule has 4 nitrogen and oxygen atoms in total. The van der Waals surface area contributed by atoms with E-state index >= 15 is 0 Å². The summed E-state index contributed by atoms with van der Waals surface area (Å²) in [6, 6.07) is 4.61. The summed E-state index contributed by atoms with van der Waals surface area (Å²) in [7, 11) is 0. The molecule has 0 bridgehead atoms. The van der Waals surface area contributed by atoms with E-state index in [4.69, 9.17) is 0 Å². The van der Waals surface area contributed by atoms with E-state index in [0.717, 1.165) is 50.3 Å².